The van der Waals surface area contributed by atoms with Gasteiger partial charge in [0.25, 0.3) is 0 Å². The lowest BCUT2D eigenvalue weighted by Gasteiger charge is -2.32. The third kappa shape index (κ3) is 3.07. The number of rotatable bonds is 3. The second-order valence-electron chi connectivity index (χ2n) is 4.95. The lowest BCUT2D eigenvalue weighted by molar-refractivity contribution is -0.132. The molecule has 0 saturated carbocycles. The van der Waals surface area contributed by atoms with E-state index in [4.69, 9.17) is 0 Å². The molecule has 1 saturated heterocycles. The number of carbonyl (C=O) groups excluding carboxylic acids is 1. The molecule has 18 heavy (non-hydrogen) atoms. The molecule has 0 spiro atoms. The van der Waals surface area contributed by atoms with E-state index in [2.05, 4.69) is 5.32 Å². The molecule has 1 aliphatic rings. The topological polar surface area (TPSA) is 32.3 Å². The molecular formula is C14H19FN2O. The van der Waals surface area contributed by atoms with Crippen LogP contribution in [-0.4, -0.2) is 30.4 Å². The van der Waals surface area contributed by atoms with Crippen molar-refractivity contribution in [3.05, 3.63) is 35.6 Å². The van der Waals surface area contributed by atoms with E-state index < -0.39 is 0 Å². The molecule has 1 aromatic carbocycles. The minimum Gasteiger partial charge on any atom is -0.344 e. The van der Waals surface area contributed by atoms with Gasteiger partial charge in [0.05, 0.1) is 0 Å². The second-order valence-corrected chi connectivity index (χ2v) is 4.95. The number of likely N-dealkylation sites (tertiary alicyclic amines) is 1. The number of carbonyl (C=O) groups is 1. The first-order valence-electron chi connectivity index (χ1n) is 6.31. The van der Waals surface area contributed by atoms with Gasteiger partial charge in [0.2, 0.25) is 5.91 Å². The van der Waals surface area contributed by atoms with Crippen LogP contribution in [0.3, 0.4) is 0 Å². The van der Waals surface area contributed by atoms with Gasteiger partial charge in [-0.2, -0.15) is 0 Å². The Morgan fingerprint density at radius 1 is 1.50 bits per heavy atom. The number of likely N-dealkylation sites (N-methyl/N-ethyl adjacent to an activating group) is 1. The molecule has 2 unspecified atom stereocenters. The van der Waals surface area contributed by atoms with Gasteiger partial charge in [0, 0.05) is 32.1 Å². The Kier molecular flexibility index (Phi) is 3.97. The van der Waals surface area contributed by atoms with Crippen molar-refractivity contribution in [2.75, 3.05) is 13.6 Å². The molecular weight excluding hydrogens is 231 g/mol. The first kappa shape index (κ1) is 13.0. The lowest BCUT2D eigenvalue weighted by atomic mass is 10.0. The fourth-order valence-corrected chi connectivity index (χ4v) is 2.37. The Balaban J connectivity index is 1.95. The zero-order chi connectivity index (χ0) is 13.1. The summed E-state index contributed by atoms with van der Waals surface area (Å²) in [6.45, 7) is 2.74. The minimum atomic E-state index is -0.211. The summed E-state index contributed by atoms with van der Waals surface area (Å²) >= 11 is 0. The Morgan fingerprint density at radius 2 is 2.28 bits per heavy atom. The van der Waals surface area contributed by atoms with E-state index in [-0.39, 0.29) is 23.8 Å². The maximum Gasteiger partial charge on any atom is 0.222 e. The summed E-state index contributed by atoms with van der Waals surface area (Å²) in [7, 11) is 1.82. The van der Waals surface area contributed by atoms with Crippen LogP contribution < -0.4 is 5.32 Å². The fourth-order valence-electron chi connectivity index (χ4n) is 2.37. The van der Waals surface area contributed by atoms with E-state index in [1.807, 2.05) is 20.0 Å². The summed E-state index contributed by atoms with van der Waals surface area (Å²) in [4.78, 5) is 13.1. The van der Waals surface area contributed by atoms with Gasteiger partial charge >= 0.3 is 0 Å². The van der Waals surface area contributed by atoms with Crippen LogP contribution >= 0.6 is 0 Å². The molecule has 0 aliphatic carbocycles. The molecule has 1 heterocycles. The zero-order valence-corrected chi connectivity index (χ0v) is 10.8. The number of nitrogens with one attached hydrogen (secondary N) is 1. The smallest absolute Gasteiger partial charge is 0.222 e. The summed E-state index contributed by atoms with van der Waals surface area (Å²) in [5.41, 5.74) is 0.939. The monoisotopic (exact) mass is 250 g/mol. The quantitative estimate of drug-likeness (QED) is 0.891. The van der Waals surface area contributed by atoms with E-state index in [1.165, 1.54) is 6.07 Å². The van der Waals surface area contributed by atoms with Crippen molar-refractivity contribution in [2.45, 2.75) is 31.8 Å². The normalized spacial score (nSPS) is 22.1. The third-order valence-corrected chi connectivity index (χ3v) is 3.46. The summed E-state index contributed by atoms with van der Waals surface area (Å²) in [5, 5.41) is 3.45. The van der Waals surface area contributed by atoms with Gasteiger partial charge in [-0.15, -0.1) is 0 Å². The number of halogens is 1. The molecule has 3 nitrogen and oxygen atoms in total. The van der Waals surface area contributed by atoms with Crippen molar-refractivity contribution < 1.29 is 9.18 Å². The van der Waals surface area contributed by atoms with E-state index in [1.54, 1.807) is 17.0 Å². The average molecular weight is 250 g/mol. The Bertz CT molecular complexity index is 436. The highest BCUT2D eigenvalue weighted by atomic mass is 19.1. The molecule has 0 radical (unpaired) electrons. The molecule has 0 bridgehead atoms. The van der Waals surface area contributed by atoms with Crippen molar-refractivity contribution in [1.29, 1.82) is 0 Å². The fraction of sp³-hybridized carbons (Fsp3) is 0.500. The predicted molar refractivity (Wildman–Crippen MR) is 68.6 cm³/mol. The van der Waals surface area contributed by atoms with Crippen molar-refractivity contribution in [1.82, 2.24) is 10.2 Å². The van der Waals surface area contributed by atoms with Gasteiger partial charge in [-0.25, -0.2) is 4.39 Å². The number of benzene rings is 1. The van der Waals surface area contributed by atoms with Crippen LogP contribution in [0.25, 0.3) is 0 Å². The minimum absolute atomic E-state index is 0.0901. The Hall–Kier alpha value is -1.42. The van der Waals surface area contributed by atoms with Crippen molar-refractivity contribution in [3.63, 3.8) is 0 Å². The molecule has 98 valence electrons. The van der Waals surface area contributed by atoms with Crippen LogP contribution in [0.15, 0.2) is 24.3 Å². The third-order valence-electron chi connectivity index (χ3n) is 3.46. The van der Waals surface area contributed by atoms with Gasteiger partial charge < -0.3 is 10.2 Å². The van der Waals surface area contributed by atoms with Crippen LogP contribution in [0.4, 0.5) is 4.39 Å². The van der Waals surface area contributed by atoms with Crippen molar-refractivity contribution in [2.24, 2.45) is 0 Å². The maximum absolute atomic E-state index is 13.1. The highest BCUT2D eigenvalue weighted by molar-refractivity contribution is 5.76. The van der Waals surface area contributed by atoms with E-state index in [9.17, 15) is 9.18 Å². The number of hydrogen-bond acceptors (Lipinski definition) is 2. The van der Waals surface area contributed by atoms with Crippen LogP contribution in [0, 0.1) is 5.82 Å². The van der Waals surface area contributed by atoms with Crippen LogP contribution in [0.5, 0.6) is 0 Å². The standard InChI is InChI=1S/C14H19FN2O/c1-10(11-4-3-5-12(15)8-11)16-13-6-7-14(18)17(2)9-13/h3-5,8,10,13,16H,6-7,9H2,1-2H3. The van der Waals surface area contributed by atoms with E-state index in [0.29, 0.717) is 6.42 Å². The first-order valence-corrected chi connectivity index (χ1v) is 6.31. The van der Waals surface area contributed by atoms with Gasteiger partial charge in [-0.1, -0.05) is 12.1 Å². The summed E-state index contributed by atoms with van der Waals surface area (Å²) in [5.74, 6) is -0.0106. The Morgan fingerprint density at radius 3 is 2.94 bits per heavy atom. The number of hydrogen-bond donors (Lipinski definition) is 1. The first-order chi connectivity index (χ1) is 8.56. The summed E-state index contributed by atoms with van der Waals surface area (Å²) in [6.07, 6.45) is 1.44. The maximum atomic E-state index is 13.1. The van der Waals surface area contributed by atoms with Gasteiger partial charge in [-0.05, 0) is 31.0 Å². The highest BCUT2D eigenvalue weighted by Crippen LogP contribution is 2.17. The summed E-state index contributed by atoms with van der Waals surface area (Å²) < 4.78 is 13.1. The number of nitrogens with zero attached hydrogens (tertiary/aromatic N) is 1. The highest BCUT2D eigenvalue weighted by Gasteiger charge is 2.23. The number of amides is 1. The van der Waals surface area contributed by atoms with Crippen LogP contribution in [0.1, 0.15) is 31.4 Å². The lowest BCUT2D eigenvalue weighted by Crippen LogP contribution is -2.47. The van der Waals surface area contributed by atoms with Crippen molar-refractivity contribution >= 4 is 5.91 Å². The Labute approximate surface area is 107 Å². The van der Waals surface area contributed by atoms with E-state index in [0.717, 1.165) is 18.5 Å². The molecule has 2 rings (SSSR count). The van der Waals surface area contributed by atoms with E-state index >= 15 is 0 Å². The summed E-state index contributed by atoms with van der Waals surface area (Å²) in [6, 6.07) is 7.01. The molecule has 1 aromatic rings. The molecule has 1 N–H and O–H groups in total. The predicted octanol–water partition coefficient (Wildman–Crippen LogP) is 2.10. The molecule has 1 aliphatic heterocycles. The molecule has 2 atom stereocenters. The molecule has 1 fully saturated rings. The van der Waals surface area contributed by atoms with Crippen LogP contribution in [0.2, 0.25) is 0 Å². The zero-order valence-electron chi connectivity index (χ0n) is 10.8. The SMILES string of the molecule is CC(NC1CCC(=O)N(C)C1)c1cccc(F)c1. The molecule has 4 heteroatoms. The molecule has 1 amide bonds. The van der Waals surface area contributed by atoms with Gasteiger partial charge in [0.15, 0.2) is 0 Å². The van der Waals surface area contributed by atoms with Gasteiger partial charge in [0.1, 0.15) is 5.82 Å². The van der Waals surface area contributed by atoms with Crippen LogP contribution in [-0.2, 0) is 4.79 Å². The molecule has 0 aromatic heterocycles. The average Bonchev–Trinajstić information content (AvgIpc) is 2.34. The van der Waals surface area contributed by atoms with Crippen molar-refractivity contribution in [3.8, 4) is 0 Å². The second kappa shape index (κ2) is 5.48. The van der Waals surface area contributed by atoms with Gasteiger partial charge in [-0.3, -0.25) is 4.79 Å². The number of piperidine rings is 1. The largest absolute Gasteiger partial charge is 0.344 e.